The monoisotopic (exact) mass is 238 g/mol. The van der Waals surface area contributed by atoms with Crippen molar-refractivity contribution in [3.8, 4) is 6.07 Å². The fourth-order valence-electron chi connectivity index (χ4n) is 2.21. The third kappa shape index (κ3) is 6.02. The van der Waals surface area contributed by atoms with Crippen molar-refractivity contribution in [2.24, 2.45) is 5.73 Å². The van der Waals surface area contributed by atoms with Gasteiger partial charge < -0.3 is 15.5 Å². The van der Waals surface area contributed by atoms with Crippen LogP contribution in [0.4, 0.5) is 0 Å². The van der Waals surface area contributed by atoms with E-state index in [4.69, 9.17) is 11.0 Å². The summed E-state index contributed by atoms with van der Waals surface area (Å²) in [4.78, 5) is 4.93. The van der Waals surface area contributed by atoms with Crippen molar-refractivity contribution in [2.45, 2.75) is 38.1 Å². The van der Waals surface area contributed by atoms with Crippen LogP contribution in [0.5, 0.6) is 0 Å². The Bertz CT molecular complexity index is 257. The Morgan fingerprint density at radius 2 is 2.00 bits per heavy atom. The van der Waals surface area contributed by atoms with Gasteiger partial charge in [-0.3, -0.25) is 0 Å². The lowest BCUT2D eigenvalue weighted by atomic mass is 9.98. The quantitative estimate of drug-likeness (QED) is 0.727. The molecule has 0 bridgehead atoms. The van der Waals surface area contributed by atoms with Crippen LogP contribution in [0.15, 0.2) is 0 Å². The Labute approximate surface area is 105 Å². The van der Waals surface area contributed by atoms with E-state index in [0.717, 1.165) is 25.8 Å². The number of likely N-dealkylation sites (N-methyl/N-ethyl adjacent to an activating group) is 1. The van der Waals surface area contributed by atoms with E-state index in [2.05, 4.69) is 22.9 Å². The maximum atomic E-state index is 8.82. The third-order valence-electron chi connectivity index (χ3n) is 3.49. The lowest BCUT2D eigenvalue weighted by Crippen LogP contribution is -2.34. The highest BCUT2D eigenvalue weighted by Crippen LogP contribution is 2.10. The first-order valence-electron chi connectivity index (χ1n) is 6.64. The van der Waals surface area contributed by atoms with Gasteiger partial charge in [-0.25, -0.2) is 0 Å². The van der Waals surface area contributed by atoms with Crippen LogP contribution < -0.4 is 5.73 Å². The molecule has 1 fully saturated rings. The van der Waals surface area contributed by atoms with Crippen molar-refractivity contribution < 1.29 is 0 Å². The molecule has 4 heteroatoms. The predicted octanol–water partition coefficient (Wildman–Crippen LogP) is 1.04. The zero-order valence-corrected chi connectivity index (χ0v) is 11.3. The van der Waals surface area contributed by atoms with Crippen molar-refractivity contribution in [3.05, 3.63) is 0 Å². The first-order chi connectivity index (χ1) is 8.03. The largest absolute Gasteiger partial charge is 0.314 e. The summed E-state index contributed by atoms with van der Waals surface area (Å²) < 4.78 is 0. The second kappa shape index (κ2) is 6.95. The molecule has 0 spiro atoms. The van der Waals surface area contributed by atoms with Crippen molar-refractivity contribution in [1.82, 2.24) is 9.80 Å². The van der Waals surface area contributed by atoms with Gasteiger partial charge in [-0.05, 0) is 59.3 Å². The molecule has 1 rings (SSSR count). The maximum absolute atomic E-state index is 8.82. The van der Waals surface area contributed by atoms with E-state index in [0.29, 0.717) is 0 Å². The second-order valence-corrected chi connectivity index (χ2v) is 5.48. The summed E-state index contributed by atoms with van der Waals surface area (Å²) in [6.45, 7) is 7.74. The summed E-state index contributed by atoms with van der Waals surface area (Å²) in [6.07, 6.45) is 4.27. The van der Waals surface area contributed by atoms with E-state index in [1.165, 1.54) is 32.6 Å². The number of hydrogen-bond donors (Lipinski definition) is 1. The molecule has 2 N–H and O–H groups in total. The van der Waals surface area contributed by atoms with E-state index < -0.39 is 5.54 Å². The van der Waals surface area contributed by atoms with Crippen molar-refractivity contribution in [2.75, 3.05) is 39.8 Å². The van der Waals surface area contributed by atoms with Gasteiger partial charge in [0, 0.05) is 13.1 Å². The molecule has 0 saturated carbocycles. The molecule has 98 valence electrons. The molecule has 1 heterocycles. The predicted molar refractivity (Wildman–Crippen MR) is 70.6 cm³/mol. The molecule has 1 atom stereocenters. The van der Waals surface area contributed by atoms with Gasteiger partial charge in [0.1, 0.15) is 5.54 Å². The summed E-state index contributed by atoms with van der Waals surface area (Å²) >= 11 is 0. The van der Waals surface area contributed by atoms with E-state index in [9.17, 15) is 0 Å². The highest BCUT2D eigenvalue weighted by molar-refractivity contribution is 5.00. The molecule has 1 saturated heterocycles. The Morgan fingerprint density at radius 1 is 1.24 bits per heavy atom. The molecule has 0 aliphatic carbocycles. The Balaban J connectivity index is 2.12. The Kier molecular flexibility index (Phi) is 5.90. The lowest BCUT2D eigenvalue weighted by molar-refractivity contribution is 0.268. The summed E-state index contributed by atoms with van der Waals surface area (Å²) in [6, 6.07) is 2.15. The first-order valence-corrected chi connectivity index (χ1v) is 6.64. The van der Waals surface area contributed by atoms with Crippen molar-refractivity contribution >= 4 is 0 Å². The van der Waals surface area contributed by atoms with Gasteiger partial charge in [0.05, 0.1) is 6.07 Å². The minimum atomic E-state index is -0.640. The summed E-state index contributed by atoms with van der Waals surface area (Å²) in [5.41, 5.74) is 5.16. The molecule has 4 nitrogen and oxygen atoms in total. The number of hydrogen-bond acceptors (Lipinski definition) is 4. The zero-order valence-electron chi connectivity index (χ0n) is 11.3. The number of nitriles is 1. The molecule has 0 amide bonds. The molecule has 1 aliphatic rings. The first kappa shape index (κ1) is 14.4. The smallest absolute Gasteiger partial charge is 0.101 e. The molecular weight excluding hydrogens is 212 g/mol. The Hall–Kier alpha value is -0.630. The van der Waals surface area contributed by atoms with E-state index in [1.807, 2.05) is 6.92 Å². The van der Waals surface area contributed by atoms with E-state index in [-0.39, 0.29) is 0 Å². The van der Waals surface area contributed by atoms with Crippen LogP contribution in [0.3, 0.4) is 0 Å². The van der Waals surface area contributed by atoms with E-state index in [1.54, 1.807) is 0 Å². The van der Waals surface area contributed by atoms with Gasteiger partial charge in [0.15, 0.2) is 0 Å². The minimum absolute atomic E-state index is 0.640. The molecule has 0 aromatic carbocycles. The molecule has 0 radical (unpaired) electrons. The van der Waals surface area contributed by atoms with Crippen LogP contribution in [0, 0.1) is 11.3 Å². The average molecular weight is 238 g/mol. The van der Waals surface area contributed by atoms with Gasteiger partial charge in [0.25, 0.3) is 0 Å². The number of rotatable bonds is 5. The zero-order chi connectivity index (χ0) is 12.7. The number of unbranched alkanes of at least 4 members (excludes halogenated alkanes) is 1. The van der Waals surface area contributed by atoms with Crippen molar-refractivity contribution in [1.29, 1.82) is 5.26 Å². The summed E-state index contributed by atoms with van der Waals surface area (Å²) in [5, 5.41) is 8.82. The number of nitrogens with zero attached hydrogens (tertiary/aromatic N) is 3. The summed E-state index contributed by atoms with van der Waals surface area (Å²) in [7, 11) is 2.19. The van der Waals surface area contributed by atoms with Gasteiger partial charge in [-0.15, -0.1) is 0 Å². The molecule has 1 unspecified atom stereocenters. The average Bonchev–Trinajstić information content (AvgIpc) is 2.50. The highest BCUT2D eigenvalue weighted by Gasteiger charge is 2.17. The molecule has 17 heavy (non-hydrogen) atoms. The standard InChI is InChI=1S/C13H26N4/c1-13(15,12-14)6-3-4-8-17-9-5-7-16(2)10-11-17/h3-11,15H2,1-2H3. The van der Waals surface area contributed by atoms with E-state index >= 15 is 0 Å². The van der Waals surface area contributed by atoms with Gasteiger partial charge in [-0.1, -0.05) is 0 Å². The fraction of sp³-hybridized carbons (Fsp3) is 0.923. The second-order valence-electron chi connectivity index (χ2n) is 5.48. The Morgan fingerprint density at radius 3 is 2.71 bits per heavy atom. The topological polar surface area (TPSA) is 56.3 Å². The molecule has 1 aliphatic heterocycles. The molecule has 0 aromatic rings. The molecular formula is C13H26N4. The lowest BCUT2D eigenvalue weighted by Gasteiger charge is -2.21. The van der Waals surface area contributed by atoms with Crippen molar-refractivity contribution in [3.63, 3.8) is 0 Å². The van der Waals surface area contributed by atoms with Gasteiger partial charge in [-0.2, -0.15) is 5.26 Å². The van der Waals surface area contributed by atoms with Crippen LogP contribution in [0.25, 0.3) is 0 Å². The highest BCUT2D eigenvalue weighted by atomic mass is 15.2. The van der Waals surface area contributed by atoms with Crippen LogP contribution in [0.2, 0.25) is 0 Å². The van der Waals surface area contributed by atoms with Crippen LogP contribution >= 0.6 is 0 Å². The van der Waals surface area contributed by atoms with Crippen LogP contribution in [-0.4, -0.2) is 55.1 Å². The number of nitrogens with two attached hydrogens (primary N) is 1. The minimum Gasteiger partial charge on any atom is -0.314 e. The van der Waals surface area contributed by atoms with Crippen LogP contribution in [-0.2, 0) is 0 Å². The summed E-state index contributed by atoms with van der Waals surface area (Å²) in [5.74, 6) is 0. The normalized spacial score (nSPS) is 22.7. The SMILES string of the molecule is CN1CCCN(CCCCC(C)(N)C#N)CC1. The third-order valence-corrected chi connectivity index (χ3v) is 3.49. The van der Waals surface area contributed by atoms with Crippen LogP contribution in [0.1, 0.15) is 32.6 Å². The van der Waals surface area contributed by atoms with Gasteiger partial charge in [0.2, 0.25) is 0 Å². The van der Waals surface area contributed by atoms with Gasteiger partial charge >= 0.3 is 0 Å². The molecule has 0 aromatic heterocycles. The maximum Gasteiger partial charge on any atom is 0.101 e. The fourth-order valence-corrected chi connectivity index (χ4v) is 2.21.